The fraction of sp³-hybridized carbons (Fsp3) is 0.600. The molecule has 1 aromatic rings. The topological polar surface area (TPSA) is 58.3 Å². The summed E-state index contributed by atoms with van der Waals surface area (Å²) in [5, 5.41) is 14.5. The predicted molar refractivity (Wildman–Crippen MR) is 81.6 cm³/mol. The number of anilines is 2. The zero-order chi connectivity index (χ0) is 14.1. The molecule has 1 fully saturated rings. The van der Waals surface area contributed by atoms with E-state index in [0.29, 0.717) is 22.7 Å². The number of rotatable bonds is 3. The third-order valence-electron chi connectivity index (χ3n) is 4.16. The molecule has 106 valence electrons. The number of hydrogen-bond acceptors (Lipinski definition) is 3. The molecule has 0 unspecified atom stereocenters. The van der Waals surface area contributed by atoms with Crippen LogP contribution in [0.2, 0.25) is 5.02 Å². The van der Waals surface area contributed by atoms with Gasteiger partial charge in [-0.1, -0.05) is 25.4 Å². The van der Waals surface area contributed by atoms with Crippen LogP contribution in [-0.2, 0) is 0 Å². The van der Waals surface area contributed by atoms with Crippen molar-refractivity contribution in [3.05, 3.63) is 23.2 Å². The molecule has 3 nitrogen and oxygen atoms in total. The van der Waals surface area contributed by atoms with Gasteiger partial charge in [0.25, 0.3) is 0 Å². The molecule has 0 bridgehead atoms. The average molecular weight is 283 g/mol. The highest BCUT2D eigenvalue weighted by atomic mass is 35.5. The summed E-state index contributed by atoms with van der Waals surface area (Å²) >= 11 is 5.87. The van der Waals surface area contributed by atoms with E-state index in [2.05, 4.69) is 19.2 Å². The van der Waals surface area contributed by atoms with E-state index in [0.717, 1.165) is 31.4 Å². The van der Waals surface area contributed by atoms with Crippen LogP contribution in [-0.4, -0.2) is 17.3 Å². The molecule has 19 heavy (non-hydrogen) atoms. The monoisotopic (exact) mass is 282 g/mol. The van der Waals surface area contributed by atoms with Crippen LogP contribution in [0.5, 0.6) is 0 Å². The quantitative estimate of drug-likeness (QED) is 0.742. The lowest BCUT2D eigenvalue weighted by molar-refractivity contribution is -0.0145. The first-order chi connectivity index (χ1) is 8.80. The molecule has 1 aliphatic carbocycles. The zero-order valence-corrected chi connectivity index (χ0v) is 12.4. The third-order valence-corrected chi connectivity index (χ3v) is 4.39. The summed E-state index contributed by atoms with van der Waals surface area (Å²) in [4.78, 5) is 0. The zero-order valence-electron chi connectivity index (χ0n) is 11.7. The summed E-state index contributed by atoms with van der Waals surface area (Å²) in [6.45, 7) is 5.06. The number of nitrogens with one attached hydrogen (secondary N) is 1. The van der Waals surface area contributed by atoms with Crippen LogP contribution in [0.15, 0.2) is 18.2 Å². The van der Waals surface area contributed by atoms with Crippen LogP contribution in [0, 0.1) is 5.41 Å². The van der Waals surface area contributed by atoms with Crippen LogP contribution >= 0.6 is 11.6 Å². The molecule has 1 aromatic carbocycles. The van der Waals surface area contributed by atoms with Gasteiger partial charge in [-0.2, -0.15) is 0 Å². The number of benzene rings is 1. The molecule has 0 heterocycles. The Balaban J connectivity index is 1.95. The minimum Gasteiger partial charge on any atom is -0.397 e. The van der Waals surface area contributed by atoms with Gasteiger partial charge in [-0.25, -0.2) is 0 Å². The Labute approximate surface area is 120 Å². The molecule has 0 amide bonds. The van der Waals surface area contributed by atoms with Crippen molar-refractivity contribution in [2.45, 2.75) is 45.1 Å². The highest BCUT2D eigenvalue weighted by Gasteiger charge is 2.36. The number of halogens is 1. The van der Waals surface area contributed by atoms with Crippen LogP contribution in [0.1, 0.15) is 39.5 Å². The molecular weight excluding hydrogens is 260 g/mol. The molecule has 4 heteroatoms. The Hall–Kier alpha value is -0.930. The molecule has 0 radical (unpaired) electrons. The number of nitrogen functional groups attached to an aromatic ring is 1. The van der Waals surface area contributed by atoms with E-state index in [9.17, 15) is 5.11 Å². The summed E-state index contributed by atoms with van der Waals surface area (Å²) in [6.07, 6.45) is 3.78. The second kappa shape index (κ2) is 5.22. The number of nitrogens with two attached hydrogens (primary N) is 1. The van der Waals surface area contributed by atoms with Crippen molar-refractivity contribution in [3.8, 4) is 0 Å². The van der Waals surface area contributed by atoms with Crippen molar-refractivity contribution < 1.29 is 5.11 Å². The summed E-state index contributed by atoms with van der Waals surface area (Å²) in [6, 6.07) is 5.37. The van der Waals surface area contributed by atoms with Gasteiger partial charge in [-0.3, -0.25) is 0 Å². The first-order valence-electron chi connectivity index (χ1n) is 6.81. The van der Waals surface area contributed by atoms with E-state index in [1.807, 2.05) is 6.07 Å². The van der Waals surface area contributed by atoms with Crippen molar-refractivity contribution >= 4 is 23.0 Å². The lowest BCUT2D eigenvalue weighted by Crippen LogP contribution is -2.42. The highest BCUT2D eigenvalue weighted by Crippen LogP contribution is 2.40. The van der Waals surface area contributed by atoms with Crippen molar-refractivity contribution in [1.29, 1.82) is 0 Å². The summed E-state index contributed by atoms with van der Waals surface area (Å²) in [5.41, 5.74) is 7.08. The van der Waals surface area contributed by atoms with Crippen LogP contribution in [0.3, 0.4) is 0 Å². The van der Waals surface area contributed by atoms with Crippen molar-refractivity contribution in [2.75, 3.05) is 17.6 Å². The van der Waals surface area contributed by atoms with Crippen LogP contribution in [0.25, 0.3) is 0 Å². The van der Waals surface area contributed by atoms with Crippen molar-refractivity contribution in [2.24, 2.45) is 5.41 Å². The first-order valence-corrected chi connectivity index (χ1v) is 7.19. The standard InChI is InChI=1S/C15H23ClN2O/c1-14(2)5-7-15(19,8-6-14)10-18-13-4-3-11(16)9-12(13)17/h3-4,9,18-19H,5-8,10,17H2,1-2H3. The van der Waals surface area contributed by atoms with Crippen LogP contribution < -0.4 is 11.1 Å². The minimum absolute atomic E-state index is 0.353. The smallest absolute Gasteiger partial charge is 0.0819 e. The van der Waals surface area contributed by atoms with Gasteiger partial charge in [0, 0.05) is 11.6 Å². The Bertz CT molecular complexity index is 449. The van der Waals surface area contributed by atoms with Gasteiger partial charge in [0.15, 0.2) is 0 Å². The van der Waals surface area contributed by atoms with Gasteiger partial charge in [0.2, 0.25) is 0 Å². The molecule has 1 saturated carbocycles. The lowest BCUT2D eigenvalue weighted by Gasteiger charge is -2.40. The highest BCUT2D eigenvalue weighted by molar-refractivity contribution is 6.31. The summed E-state index contributed by atoms with van der Waals surface area (Å²) < 4.78 is 0. The minimum atomic E-state index is -0.623. The molecule has 0 atom stereocenters. The molecule has 0 aromatic heterocycles. The lowest BCUT2D eigenvalue weighted by atomic mass is 9.71. The maximum atomic E-state index is 10.6. The van der Waals surface area contributed by atoms with Crippen molar-refractivity contribution in [1.82, 2.24) is 0 Å². The van der Waals surface area contributed by atoms with E-state index < -0.39 is 5.60 Å². The fourth-order valence-corrected chi connectivity index (χ4v) is 2.70. The van der Waals surface area contributed by atoms with Crippen LogP contribution in [0.4, 0.5) is 11.4 Å². The van der Waals surface area contributed by atoms with E-state index >= 15 is 0 Å². The normalized spacial score (nSPS) is 21.1. The van der Waals surface area contributed by atoms with E-state index in [4.69, 9.17) is 17.3 Å². The Morgan fingerprint density at radius 3 is 2.47 bits per heavy atom. The van der Waals surface area contributed by atoms with Crippen molar-refractivity contribution in [3.63, 3.8) is 0 Å². The Kier molecular flexibility index (Phi) is 3.98. The largest absolute Gasteiger partial charge is 0.397 e. The number of hydrogen-bond donors (Lipinski definition) is 3. The second-order valence-corrected chi connectivity index (χ2v) is 6.91. The Morgan fingerprint density at radius 2 is 1.89 bits per heavy atom. The Morgan fingerprint density at radius 1 is 1.26 bits per heavy atom. The van der Waals surface area contributed by atoms with E-state index in [-0.39, 0.29) is 0 Å². The fourth-order valence-electron chi connectivity index (χ4n) is 2.52. The van der Waals surface area contributed by atoms with E-state index in [1.165, 1.54) is 0 Å². The number of aliphatic hydroxyl groups is 1. The maximum absolute atomic E-state index is 10.6. The second-order valence-electron chi connectivity index (χ2n) is 6.47. The molecular formula is C15H23ClN2O. The predicted octanol–water partition coefficient (Wildman–Crippen LogP) is 3.67. The summed E-state index contributed by atoms with van der Waals surface area (Å²) in [5.74, 6) is 0. The molecule has 4 N–H and O–H groups in total. The van der Waals surface area contributed by atoms with Gasteiger partial charge in [-0.15, -0.1) is 0 Å². The average Bonchev–Trinajstić information content (AvgIpc) is 2.33. The van der Waals surface area contributed by atoms with Gasteiger partial charge in [-0.05, 0) is 49.3 Å². The molecule has 0 aliphatic heterocycles. The molecule has 0 saturated heterocycles. The first kappa shape index (κ1) is 14.5. The SMILES string of the molecule is CC1(C)CCC(O)(CNc2ccc(Cl)cc2N)CC1. The maximum Gasteiger partial charge on any atom is 0.0819 e. The molecule has 1 aliphatic rings. The van der Waals surface area contributed by atoms with Gasteiger partial charge in [0.1, 0.15) is 0 Å². The molecule has 2 rings (SSSR count). The van der Waals surface area contributed by atoms with E-state index in [1.54, 1.807) is 12.1 Å². The van der Waals surface area contributed by atoms with Gasteiger partial charge < -0.3 is 16.2 Å². The summed E-state index contributed by atoms with van der Waals surface area (Å²) in [7, 11) is 0. The van der Waals surface area contributed by atoms with Gasteiger partial charge >= 0.3 is 0 Å². The molecule has 0 spiro atoms. The third kappa shape index (κ3) is 3.77. The van der Waals surface area contributed by atoms with Gasteiger partial charge in [0.05, 0.1) is 17.0 Å².